The highest BCUT2D eigenvalue weighted by molar-refractivity contribution is 7.17. The molecular weight excluding hydrogens is 209 g/mol. The van der Waals surface area contributed by atoms with Gasteiger partial charge in [0.25, 0.3) is 0 Å². The van der Waals surface area contributed by atoms with E-state index in [1.807, 2.05) is 17.5 Å². The molecule has 2 rings (SSSR count). The fourth-order valence-electron chi connectivity index (χ4n) is 1.51. The van der Waals surface area contributed by atoms with Crippen molar-refractivity contribution in [3.63, 3.8) is 0 Å². The van der Waals surface area contributed by atoms with Crippen LogP contribution in [0.4, 0.5) is 4.39 Å². The van der Waals surface area contributed by atoms with Gasteiger partial charge in [0.1, 0.15) is 11.7 Å². The van der Waals surface area contributed by atoms with Crippen molar-refractivity contribution in [3.05, 3.63) is 34.7 Å². The number of fused-ring (bicyclic) bond motifs is 1. The zero-order chi connectivity index (χ0) is 11.1. The van der Waals surface area contributed by atoms with Gasteiger partial charge in [-0.25, -0.2) is 4.39 Å². The van der Waals surface area contributed by atoms with Crippen LogP contribution in [0.25, 0.3) is 10.1 Å². The van der Waals surface area contributed by atoms with Crippen molar-refractivity contribution in [2.24, 2.45) is 0 Å². The Morgan fingerprint density at radius 3 is 2.73 bits per heavy atom. The van der Waals surface area contributed by atoms with Crippen LogP contribution in [0.5, 0.6) is 0 Å². The Kier molecular flexibility index (Phi) is 2.24. The maximum atomic E-state index is 13.8. The third kappa shape index (κ3) is 1.73. The van der Waals surface area contributed by atoms with Crippen molar-refractivity contribution in [2.75, 3.05) is 0 Å². The Hall–Kier alpha value is -1.40. The molecule has 15 heavy (non-hydrogen) atoms. The molecule has 1 heterocycles. The van der Waals surface area contributed by atoms with Gasteiger partial charge >= 0.3 is 0 Å². The summed E-state index contributed by atoms with van der Waals surface area (Å²) in [7, 11) is 0. The van der Waals surface area contributed by atoms with E-state index in [0.29, 0.717) is 11.1 Å². The molecule has 1 aromatic heterocycles. The Bertz CT molecular complexity index is 543. The number of rotatable bonds is 1. The average Bonchev–Trinajstić information content (AvgIpc) is 2.62. The number of thiophene rings is 1. The molecule has 76 valence electrons. The molecule has 0 atom stereocenters. The van der Waals surface area contributed by atoms with E-state index in [2.05, 4.69) is 6.07 Å². The van der Waals surface area contributed by atoms with Crippen molar-refractivity contribution in [3.8, 4) is 6.07 Å². The predicted molar refractivity (Wildman–Crippen MR) is 60.7 cm³/mol. The summed E-state index contributed by atoms with van der Waals surface area (Å²) in [5.74, 6) is 0. The molecule has 0 unspecified atom stereocenters. The maximum Gasteiger partial charge on any atom is 0.130 e. The van der Waals surface area contributed by atoms with Crippen LogP contribution in [0.3, 0.4) is 0 Å². The molecule has 0 saturated heterocycles. The lowest BCUT2D eigenvalue weighted by Crippen LogP contribution is -2.08. The quantitative estimate of drug-likeness (QED) is 0.711. The second-order valence-corrected chi connectivity index (χ2v) is 4.86. The van der Waals surface area contributed by atoms with Gasteiger partial charge in [-0.1, -0.05) is 0 Å². The van der Waals surface area contributed by atoms with Gasteiger partial charge in [0, 0.05) is 0 Å². The SMILES string of the molecule is CC(C)(F)c1cc(C#N)c2sccc2c1. The summed E-state index contributed by atoms with van der Waals surface area (Å²) in [5.41, 5.74) is -0.282. The van der Waals surface area contributed by atoms with Crippen LogP contribution in [0.2, 0.25) is 0 Å². The molecule has 2 aromatic rings. The zero-order valence-electron chi connectivity index (χ0n) is 8.54. The molecule has 0 aliphatic carbocycles. The first kappa shape index (κ1) is 10.1. The average molecular weight is 219 g/mol. The van der Waals surface area contributed by atoms with E-state index in [1.54, 1.807) is 6.07 Å². The van der Waals surface area contributed by atoms with Crippen molar-refractivity contribution < 1.29 is 4.39 Å². The van der Waals surface area contributed by atoms with Gasteiger partial charge in [0.15, 0.2) is 0 Å². The van der Waals surface area contributed by atoms with Crippen LogP contribution in [-0.2, 0) is 5.67 Å². The summed E-state index contributed by atoms with van der Waals surface area (Å²) in [6.07, 6.45) is 0. The van der Waals surface area contributed by atoms with Gasteiger partial charge < -0.3 is 0 Å². The van der Waals surface area contributed by atoms with Crippen molar-refractivity contribution in [1.29, 1.82) is 5.26 Å². The van der Waals surface area contributed by atoms with Crippen LogP contribution in [0.15, 0.2) is 23.6 Å². The third-order valence-electron chi connectivity index (χ3n) is 2.36. The van der Waals surface area contributed by atoms with E-state index in [4.69, 9.17) is 5.26 Å². The standard InChI is InChI=1S/C12H10FNS/c1-12(2,13)10-5-8-3-4-15-11(8)9(6-10)7-14/h3-6H,1-2H3. The van der Waals surface area contributed by atoms with Crippen LogP contribution >= 0.6 is 11.3 Å². The first-order chi connectivity index (χ1) is 7.02. The first-order valence-corrected chi connectivity index (χ1v) is 5.51. The molecule has 0 aliphatic heterocycles. The topological polar surface area (TPSA) is 23.8 Å². The summed E-state index contributed by atoms with van der Waals surface area (Å²) in [4.78, 5) is 0. The Balaban J connectivity index is 2.76. The largest absolute Gasteiger partial charge is 0.239 e. The fourth-order valence-corrected chi connectivity index (χ4v) is 2.35. The number of hydrogen-bond acceptors (Lipinski definition) is 2. The van der Waals surface area contributed by atoms with E-state index >= 15 is 0 Å². The number of nitriles is 1. The Morgan fingerprint density at radius 1 is 1.40 bits per heavy atom. The summed E-state index contributed by atoms with van der Waals surface area (Å²) < 4.78 is 14.7. The number of benzene rings is 1. The van der Waals surface area contributed by atoms with Crippen LogP contribution in [0, 0.1) is 11.3 Å². The van der Waals surface area contributed by atoms with Gasteiger partial charge in [-0.05, 0) is 48.4 Å². The molecule has 0 fully saturated rings. The lowest BCUT2D eigenvalue weighted by molar-refractivity contribution is 0.221. The molecule has 1 nitrogen and oxygen atoms in total. The summed E-state index contributed by atoms with van der Waals surface area (Å²) >= 11 is 1.51. The van der Waals surface area contributed by atoms with Crippen molar-refractivity contribution >= 4 is 21.4 Å². The number of alkyl halides is 1. The highest BCUT2D eigenvalue weighted by Gasteiger charge is 2.20. The van der Waals surface area contributed by atoms with Crippen LogP contribution in [-0.4, -0.2) is 0 Å². The lowest BCUT2D eigenvalue weighted by Gasteiger charge is -2.15. The van der Waals surface area contributed by atoms with Crippen molar-refractivity contribution in [1.82, 2.24) is 0 Å². The van der Waals surface area contributed by atoms with Crippen LogP contribution < -0.4 is 0 Å². The molecule has 0 radical (unpaired) electrons. The second kappa shape index (κ2) is 3.32. The summed E-state index contributed by atoms with van der Waals surface area (Å²) in [6.45, 7) is 3.00. The van der Waals surface area contributed by atoms with E-state index in [-0.39, 0.29) is 0 Å². The van der Waals surface area contributed by atoms with E-state index in [1.165, 1.54) is 25.2 Å². The van der Waals surface area contributed by atoms with Gasteiger partial charge in [-0.3, -0.25) is 0 Å². The minimum absolute atomic E-state index is 0.559. The Labute approximate surface area is 91.8 Å². The predicted octanol–water partition coefficient (Wildman–Crippen LogP) is 3.98. The summed E-state index contributed by atoms with van der Waals surface area (Å²) in [6, 6.07) is 7.48. The van der Waals surface area contributed by atoms with E-state index < -0.39 is 5.67 Å². The monoisotopic (exact) mass is 219 g/mol. The minimum atomic E-state index is -1.40. The molecule has 0 amide bonds. The number of nitrogens with zero attached hydrogens (tertiary/aromatic N) is 1. The normalized spacial score (nSPS) is 11.6. The van der Waals surface area contributed by atoms with E-state index in [0.717, 1.165) is 10.1 Å². The molecule has 3 heteroatoms. The van der Waals surface area contributed by atoms with Gasteiger partial charge in [0.05, 0.1) is 10.3 Å². The molecule has 1 aromatic carbocycles. The molecular formula is C12H10FNS. The third-order valence-corrected chi connectivity index (χ3v) is 3.32. The fraction of sp³-hybridized carbons (Fsp3) is 0.250. The number of halogens is 1. The first-order valence-electron chi connectivity index (χ1n) is 4.63. The van der Waals surface area contributed by atoms with E-state index in [9.17, 15) is 4.39 Å². The molecule has 0 N–H and O–H groups in total. The van der Waals surface area contributed by atoms with Gasteiger partial charge in [0.2, 0.25) is 0 Å². The van der Waals surface area contributed by atoms with Gasteiger partial charge in [-0.2, -0.15) is 5.26 Å². The van der Waals surface area contributed by atoms with Gasteiger partial charge in [-0.15, -0.1) is 11.3 Å². The maximum absolute atomic E-state index is 13.8. The molecule has 0 bridgehead atoms. The second-order valence-electron chi connectivity index (χ2n) is 3.95. The summed E-state index contributed by atoms with van der Waals surface area (Å²) in [5, 5.41) is 11.8. The number of hydrogen-bond donors (Lipinski definition) is 0. The zero-order valence-corrected chi connectivity index (χ0v) is 9.36. The lowest BCUT2D eigenvalue weighted by atomic mass is 9.97. The molecule has 0 saturated carbocycles. The molecule has 0 aliphatic rings. The minimum Gasteiger partial charge on any atom is -0.239 e. The van der Waals surface area contributed by atoms with Crippen LogP contribution in [0.1, 0.15) is 25.0 Å². The van der Waals surface area contributed by atoms with Crippen molar-refractivity contribution in [2.45, 2.75) is 19.5 Å². The smallest absolute Gasteiger partial charge is 0.130 e. The Morgan fingerprint density at radius 2 is 2.13 bits per heavy atom. The highest BCUT2D eigenvalue weighted by Crippen LogP contribution is 2.32. The highest BCUT2D eigenvalue weighted by atomic mass is 32.1. The molecule has 0 spiro atoms.